The van der Waals surface area contributed by atoms with E-state index in [0.717, 1.165) is 30.3 Å². The van der Waals surface area contributed by atoms with Crippen molar-refractivity contribution in [1.29, 1.82) is 0 Å². The normalized spacial score (nSPS) is 14.2. The predicted octanol–water partition coefficient (Wildman–Crippen LogP) is 3.42. The molecule has 1 aliphatic rings. The number of hydrogen-bond donors (Lipinski definition) is 1. The molecule has 0 saturated carbocycles. The lowest BCUT2D eigenvalue weighted by Gasteiger charge is -2.14. The van der Waals surface area contributed by atoms with E-state index < -0.39 is 11.7 Å². The van der Waals surface area contributed by atoms with Gasteiger partial charge in [0.1, 0.15) is 5.82 Å². The van der Waals surface area contributed by atoms with E-state index in [1.54, 1.807) is 6.07 Å². The Morgan fingerprint density at radius 2 is 2.05 bits per heavy atom. The van der Waals surface area contributed by atoms with Gasteiger partial charge in [0.05, 0.1) is 16.9 Å². The molecule has 3 rings (SSSR count). The molecule has 0 amide bonds. The monoisotopic (exact) mass is 281 g/mol. The van der Waals surface area contributed by atoms with Crippen LogP contribution in [0.15, 0.2) is 24.3 Å². The molecule has 2 heterocycles. The average molecular weight is 281 g/mol. The van der Waals surface area contributed by atoms with Gasteiger partial charge in [-0.1, -0.05) is 19.1 Å². The Kier molecular flexibility index (Phi) is 2.96. The highest BCUT2D eigenvalue weighted by Crippen LogP contribution is 2.36. The molecule has 6 heteroatoms. The molecule has 1 aliphatic heterocycles. The lowest BCUT2D eigenvalue weighted by molar-refractivity contribution is -0.137. The quantitative estimate of drug-likeness (QED) is 0.914. The Labute approximate surface area is 114 Å². The molecule has 0 radical (unpaired) electrons. The summed E-state index contributed by atoms with van der Waals surface area (Å²) in [4.78, 5) is 0. The lowest BCUT2D eigenvalue weighted by atomic mass is 10.1. The zero-order chi connectivity index (χ0) is 14.3. The van der Waals surface area contributed by atoms with Crippen molar-refractivity contribution in [2.75, 3.05) is 11.9 Å². The van der Waals surface area contributed by atoms with Gasteiger partial charge in [0.25, 0.3) is 0 Å². The van der Waals surface area contributed by atoms with Crippen molar-refractivity contribution in [1.82, 2.24) is 9.78 Å². The van der Waals surface area contributed by atoms with Crippen LogP contribution in [-0.4, -0.2) is 16.3 Å². The largest absolute Gasteiger partial charge is 0.418 e. The van der Waals surface area contributed by atoms with E-state index in [0.29, 0.717) is 12.2 Å². The fourth-order valence-electron chi connectivity index (χ4n) is 2.60. The third-order valence-electron chi connectivity index (χ3n) is 3.51. The van der Waals surface area contributed by atoms with Crippen LogP contribution >= 0.6 is 0 Å². The summed E-state index contributed by atoms with van der Waals surface area (Å²) in [7, 11) is 0. The van der Waals surface area contributed by atoms with Gasteiger partial charge in [-0.15, -0.1) is 0 Å². The highest BCUT2D eigenvalue weighted by atomic mass is 19.4. The van der Waals surface area contributed by atoms with E-state index in [4.69, 9.17) is 0 Å². The van der Waals surface area contributed by atoms with E-state index in [9.17, 15) is 13.2 Å². The molecule has 0 bridgehead atoms. The number of aromatic nitrogens is 2. The van der Waals surface area contributed by atoms with Gasteiger partial charge in [-0.2, -0.15) is 18.3 Å². The molecule has 0 aliphatic carbocycles. The van der Waals surface area contributed by atoms with Crippen molar-refractivity contribution >= 4 is 5.82 Å². The second kappa shape index (κ2) is 4.54. The van der Waals surface area contributed by atoms with Crippen LogP contribution in [-0.2, 0) is 19.0 Å². The number of halogens is 3. The molecular weight excluding hydrogens is 267 g/mol. The van der Waals surface area contributed by atoms with Gasteiger partial charge in [-0.05, 0) is 25.0 Å². The first-order valence-electron chi connectivity index (χ1n) is 6.53. The molecule has 1 aromatic carbocycles. The number of hydrogen-bond acceptors (Lipinski definition) is 2. The molecule has 1 N–H and O–H groups in total. The highest BCUT2D eigenvalue weighted by molar-refractivity contribution is 5.58. The Hall–Kier alpha value is -1.98. The molecule has 3 nitrogen and oxygen atoms in total. The number of nitrogens with one attached hydrogen (secondary N) is 1. The summed E-state index contributed by atoms with van der Waals surface area (Å²) in [5, 5.41) is 7.48. The zero-order valence-electron chi connectivity index (χ0n) is 11.0. The summed E-state index contributed by atoms with van der Waals surface area (Å²) in [6.45, 7) is 2.70. The Balaban J connectivity index is 2.20. The maximum Gasteiger partial charge on any atom is 0.418 e. The zero-order valence-corrected chi connectivity index (χ0v) is 11.0. The second-order valence-electron chi connectivity index (χ2n) is 4.73. The van der Waals surface area contributed by atoms with Gasteiger partial charge < -0.3 is 5.32 Å². The lowest BCUT2D eigenvalue weighted by Crippen LogP contribution is -2.13. The Bertz CT molecular complexity index is 644. The molecule has 0 fully saturated rings. The number of rotatable bonds is 2. The Morgan fingerprint density at radius 1 is 1.30 bits per heavy atom. The minimum absolute atomic E-state index is 0.0744. The summed E-state index contributed by atoms with van der Waals surface area (Å²) in [5.41, 5.74) is 1.30. The smallest absolute Gasteiger partial charge is 0.369 e. The number of alkyl halides is 3. The fourth-order valence-corrected chi connectivity index (χ4v) is 2.60. The van der Waals surface area contributed by atoms with Crippen LogP contribution in [0, 0.1) is 0 Å². The summed E-state index contributed by atoms with van der Waals surface area (Å²) >= 11 is 0. The SMILES string of the molecule is CCc1nn(-c2ccccc2C(F)(F)F)c2c1CCN2. The van der Waals surface area contributed by atoms with Crippen LogP contribution in [0.4, 0.5) is 19.0 Å². The van der Waals surface area contributed by atoms with Gasteiger partial charge in [0, 0.05) is 12.1 Å². The van der Waals surface area contributed by atoms with Crippen molar-refractivity contribution in [2.45, 2.75) is 25.9 Å². The highest BCUT2D eigenvalue weighted by Gasteiger charge is 2.35. The van der Waals surface area contributed by atoms with Crippen LogP contribution in [0.1, 0.15) is 23.7 Å². The van der Waals surface area contributed by atoms with Crippen molar-refractivity contribution in [3.8, 4) is 5.69 Å². The van der Waals surface area contributed by atoms with E-state index >= 15 is 0 Å². The van der Waals surface area contributed by atoms with E-state index in [1.807, 2.05) is 6.92 Å². The van der Waals surface area contributed by atoms with Gasteiger partial charge >= 0.3 is 6.18 Å². The number of para-hydroxylation sites is 1. The second-order valence-corrected chi connectivity index (χ2v) is 4.73. The first kappa shape index (κ1) is 13.0. The van der Waals surface area contributed by atoms with Crippen molar-refractivity contribution in [2.24, 2.45) is 0 Å². The summed E-state index contributed by atoms with van der Waals surface area (Å²) in [5.74, 6) is 0.693. The molecule has 2 aromatic rings. The van der Waals surface area contributed by atoms with Crippen LogP contribution in [0.3, 0.4) is 0 Å². The molecule has 0 saturated heterocycles. The molecule has 0 unspecified atom stereocenters. The number of aryl methyl sites for hydroxylation is 1. The van der Waals surface area contributed by atoms with Crippen LogP contribution < -0.4 is 5.32 Å². The van der Waals surface area contributed by atoms with Gasteiger partial charge in [-0.3, -0.25) is 0 Å². The van der Waals surface area contributed by atoms with Gasteiger partial charge in [-0.25, -0.2) is 4.68 Å². The minimum atomic E-state index is -4.39. The van der Waals surface area contributed by atoms with Crippen molar-refractivity contribution in [3.05, 3.63) is 41.1 Å². The predicted molar refractivity (Wildman–Crippen MR) is 70.1 cm³/mol. The fraction of sp³-hybridized carbons (Fsp3) is 0.357. The van der Waals surface area contributed by atoms with Crippen molar-refractivity contribution in [3.63, 3.8) is 0 Å². The number of benzene rings is 1. The van der Waals surface area contributed by atoms with Gasteiger partial charge in [0.15, 0.2) is 0 Å². The molecule has 20 heavy (non-hydrogen) atoms. The third-order valence-corrected chi connectivity index (χ3v) is 3.51. The van der Waals surface area contributed by atoms with E-state index in [1.165, 1.54) is 16.8 Å². The summed E-state index contributed by atoms with van der Waals surface area (Å²) in [6.07, 6.45) is -2.86. The van der Waals surface area contributed by atoms with Crippen LogP contribution in [0.5, 0.6) is 0 Å². The summed E-state index contributed by atoms with van der Waals surface area (Å²) < 4.78 is 40.7. The van der Waals surface area contributed by atoms with E-state index in [2.05, 4.69) is 10.4 Å². The van der Waals surface area contributed by atoms with Crippen molar-refractivity contribution < 1.29 is 13.2 Å². The third kappa shape index (κ3) is 1.95. The standard InChI is InChI=1S/C14H14F3N3/c1-2-11-9-7-8-18-13(9)20(19-11)12-6-4-3-5-10(12)14(15,16)17/h3-6,18H,2,7-8H2,1H3. The minimum Gasteiger partial charge on any atom is -0.369 e. The number of nitrogens with zero attached hydrogens (tertiary/aromatic N) is 2. The number of anilines is 1. The molecule has 0 atom stereocenters. The summed E-state index contributed by atoms with van der Waals surface area (Å²) in [6, 6.07) is 5.53. The first-order valence-corrected chi connectivity index (χ1v) is 6.53. The maximum absolute atomic E-state index is 13.1. The number of fused-ring (bicyclic) bond motifs is 1. The topological polar surface area (TPSA) is 29.9 Å². The van der Waals surface area contributed by atoms with E-state index in [-0.39, 0.29) is 5.69 Å². The average Bonchev–Trinajstić information content (AvgIpc) is 2.99. The van der Waals surface area contributed by atoms with Gasteiger partial charge in [0.2, 0.25) is 0 Å². The Morgan fingerprint density at radius 3 is 2.75 bits per heavy atom. The maximum atomic E-state index is 13.1. The molecule has 1 aromatic heterocycles. The first-order chi connectivity index (χ1) is 9.52. The van der Waals surface area contributed by atoms with Crippen LogP contribution in [0.2, 0.25) is 0 Å². The molecule has 0 spiro atoms. The molecule has 106 valence electrons. The molecular formula is C14H14F3N3. The van der Waals surface area contributed by atoms with Crippen LogP contribution in [0.25, 0.3) is 5.69 Å².